The van der Waals surface area contributed by atoms with Gasteiger partial charge in [-0.25, -0.2) is 0 Å². The molecule has 8 aromatic rings. The first-order chi connectivity index (χ1) is 24.6. The Labute approximate surface area is 294 Å². The zero-order valence-corrected chi connectivity index (χ0v) is 28.3. The molecule has 0 heterocycles. The van der Waals surface area contributed by atoms with E-state index >= 15 is 0 Å². The van der Waals surface area contributed by atoms with Gasteiger partial charge in [-0.15, -0.1) is 0 Å². The lowest BCUT2D eigenvalue weighted by Gasteiger charge is -2.29. The van der Waals surface area contributed by atoms with Gasteiger partial charge in [-0.3, -0.25) is 0 Å². The summed E-state index contributed by atoms with van der Waals surface area (Å²) in [6.07, 6.45) is 0. The quantitative estimate of drug-likeness (QED) is 0.175. The highest BCUT2D eigenvalue weighted by Crippen LogP contribution is 2.56. The van der Waals surface area contributed by atoms with Gasteiger partial charge in [-0.1, -0.05) is 166 Å². The minimum atomic E-state index is -0.152. The van der Waals surface area contributed by atoms with Crippen LogP contribution in [0.3, 0.4) is 0 Å². The van der Waals surface area contributed by atoms with Gasteiger partial charge in [0, 0.05) is 22.4 Å². The Bertz CT molecular complexity index is 2490. The van der Waals surface area contributed by atoms with Crippen molar-refractivity contribution in [1.29, 1.82) is 0 Å². The Kier molecular flexibility index (Phi) is 7.21. The van der Waals surface area contributed by atoms with Gasteiger partial charge in [-0.2, -0.15) is 0 Å². The number of fused-ring (bicyclic) bond motifs is 4. The molecule has 1 heteroatoms. The van der Waals surface area contributed by atoms with Gasteiger partial charge in [0.1, 0.15) is 0 Å². The van der Waals surface area contributed by atoms with Gasteiger partial charge in [0.2, 0.25) is 0 Å². The lowest BCUT2D eigenvalue weighted by Crippen LogP contribution is -2.15. The highest BCUT2D eigenvalue weighted by Gasteiger charge is 2.38. The van der Waals surface area contributed by atoms with Crippen molar-refractivity contribution < 1.29 is 0 Å². The lowest BCUT2D eigenvalue weighted by atomic mass is 9.80. The van der Waals surface area contributed by atoms with Gasteiger partial charge < -0.3 is 4.90 Å². The van der Waals surface area contributed by atoms with E-state index in [1.807, 2.05) is 0 Å². The second-order valence-corrected chi connectivity index (χ2v) is 13.7. The second kappa shape index (κ2) is 12.1. The van der Waals surface area contributed by atoms with Crippen LogP contribution in [0, 0.1) is 0 Å². The maximum absolute atomic E-state index is 2.44. The fourth-order valence-electron chi connectivity index (χ4n) is 8.08. The molecule has 0 aliphatic heterocycles. The van der Waals surface area contributed by atoms with Crippen LogP contribution >= 0.6 is 0 Å². The van der Waals surface area contributed by atoms with Crippen LogP contribution in [0.2, 0.25) is 0 Å². The molecule has 238 valence electrons. The first-order valence-electron chi connectivity index (χ1n) is 17.5. The zero-order valence-electron chi connectivity index (χ0n) is 28.3. The van der Waals surface area contributed by atoms with Gasteiger partial charge in [0.15, 0.2) is 0 Å². The minimum Gasteiger partial charge on any atom is -0.310 e. The van der Waals surface area contributed by atoms with Crippen molar-refractivity contribution in [3.8, 4) is 44.5 Å². The van der Waals surface area contributed by atoms with Crippen LogP contribution in [0.1, 0.15) is 25.0 Å². The second-order valence-electron chi connectivity index (χ2n) is 13.7. The highest BCUT2D eigenvalue weighted by atomic mass is 15.1. The van der Waals surface area contributed by atoms with Crippen LogP contribution in [0.15, 0.2) is 188 Å². The molecule has 1 aliphatic carbocycles. The third-order valence-electron chi connectivity index (χ3n) is 10.5. The predicted molar refractivity (Wildman–Crippen MR) is 213 cm³/mol. The van der Waals surface area contributed by atoms with Crippen molar-refractivity contribution in [1.82, 2.24) is 0 Å². The van der Waals surface area contributed by atoms with Gasteiger partial charge in [-0.05, 0) is 97.2 Å². The summed E-state index contributed by atoms with van der Waals surface area (Å²) in [5.74, 6) is 0. The van der Waals surface area contributed by atoms with Crippen LogP contribution in [-0.4, -0.2) is 0 Å². The average molecular weight is 640 g/mol. The smallest absolute Gasteiger partial charge is 0.0540 e. The summed E-state index contributed by atoms with van der Waals surface area (Å²) < 4.78 is 0. The van der Waals surface area contributed by atoms with Crippen molar-refractivity contribution in [3.63, 3.8) is 0 Å². The van der Waals surface area contributed by atoms with Crippen molar-refractivity contribution in [2.24, 2.45) is 0 Å². The summed E-state index contributed by atoms with van der Waals surface area (Å²) in [5.41, 5.74) is 16.0. The Hall–Kier alpha value is -6.18. The normalized spacial score (nSPS) is 12.8. The minimum absolute atomic E-state index is 0.152. The Morgan fingerprint density at radius 2 is 0.960 bits per heavy atom. The van der Waals surface area contributed by atoms with Crippen molar-refractivity contribution in [3.05, 3.63) is 199 Å². The fraction of sp³-hybridized carbons (Fsp3) is 0.0612. The van der Waals surface area contributed by atoms with E-state index in [4.69, 9.17) is 0 Å². The SMILES string of the molecule is CC1(C)c2ccc(N(c3ccccc3)c3ccccc3-c3ccccc3-c3ccccc3)cc2-c2c1cc1ccccc1c2-c1ccccc1. The summed E-state index contributed by atoms with van der Waals surface area (Å²) in [6.45, 7) is 4.76. The number of nitrogens with zero attached hydrogens (tertiary/aromatic N) is 1. The van der Waals surface area contributed by atoms with E-state index in [1.54, 1.807) is 0 Å². The Balaban J connectivity index is 1.30. The van der Waals surface area contributed by atoms with Gasteiger partial charge in [0.05, 0.1) is 5.69 Å². The lowest BCUT2D eigenvalue weighted by molar-refractivity contribution is 0.661. The maximum atomic E-state index is 2.44. The first kappa shape index (κ1) is 29.9. The number of rotatable bonds is 6. The average Bonchev–Trinajstić information content (AvgIpc) is 3.40. The van der Waals surface area contributed by atoms with Crippen LogP contribution < -0.4 is 4.90 Å². The zero-order chi connectivity index (χ0) is 33.7. The monoisotopic (exact) mass is 639 g/mol. The van der Waals surface area contributed by atoms with E-state index in [-0.39, 0.29) is 5.41 Å². The van der Waals surface area contributed by atoms with Gasteiger partial charge in [0.25, 0.3) is 0 Å². The molecule has 0 unspecified atom stereocenters. The van der Waals surface area contributed by atoms with Crippen molar-refractivity contribution in [2.45, 2.75) is 19.3 Å². The molecular weight excluding hydrogens is 603 g/mol. The number of anilines is 3. The summed E-state index contributed by atoms with van der Waals surface area (Å²) in [5, 5.41) is 2.57. The molecule has 1 nitrogen and oxygen atoms in total. The molecule has 0 aromatic heterocycles. The largest absolute Gasteiger partial charge is 0.310 e. The van der Waals surface area contributed by atoms with Crippen LogP contribution in [-0.2, 0) is 5.41 Å². The standard InChI is InChI=1S/C49H37N/c1-49(2)44-31-30-38(33-43(44)48-45(49)32-36-22-12-13-26-40(36)47(48)35-20-8-4-9-21-35)50(37-23-10-5-11-24-37)46-29-17-16-28-42(46)41-27-15-14-25-39(41)34-18-6-3-7-19-34/h3-33H,1-2H3. The topological polar surface area (TPSA) is 3.24 Å². The molecular formula is C49H37N. The van der Waals surface area contributed by atoms with E-state index in [0.717, 1.165) is 17.1 Å². The molecule has 1 aliphatic rings. The van der Waals surface area contributed by atoms with E-state index in [1.165, 1.54) is 66.4 Å². The summed E-state index contributed by atoms with van der Waals surface area (Å²) in [6, 6.07) is 68.5. The van der Waals surface area contributed by atoms with Crippen LogP contribution in [0.5, 0.6) is 0 Å². The fourth-order valence-corrected chi connectivity index (χ4v) is 8.08. The summed E-state index contributed by atoms with van der Waals surface area (Å²) >= 11 is 0. The molecule has 0 amide bonds. The van der Waals surface area contributed by atoms with Crippen LogP contribution in [0.4, 0.5) is 17.1 Å². The van der Waals surface area contributed by atoms with Crippen LogP contribution in [0.25, 0.3) is 55.3 Å². The maximum Gasteiger partial charge on any atom is 0.0540 e. The molecule has 8 aromatic carbocycles. The highest BCUT2D eigenvalue weighted by molar-refractivity contribution is 6.08. The Morgan fingerprint density at radius 1 is 0.380 bits per heavy atom. The molecule has 0 bridgehead atoms. The number of hydrogen-bond acceptors (Lipinski definition) is 1. The summed E-state index contributed by atoms with van der Waals surface area (Å²) in [7, 11) is 0. The predicted octanol–water partition coefficient (Wildman–Crippen LogP) is 13.6. The first-order valence-corrected chi connectivity index (χ1v) is 17.5. The van der Waals surface area contributed by atoms with Gasteiger partial charge >= 0.3 is 0 Å². The third-order valence-corrected chi connectivity index (χ3v) is 10.5. The van der Waals surface area contributed by atoms with Crippen molar-refractivity contribution in [2.75, 3.05) is 4.90 Å². The summed E-state index contributed by atoms with van der Waals surface area (Å²) in [4.78, 5) is 2.44. The molecule has 0 atom stereocenters. The third kappa shape index (κ3) is 4.85. The van der Waals surface area contributed by atoms with E-state index in [9.17, 15) is 0 Å². The molecule has 0 fully saturated rings. The number of para-hydroxylation sites is 2. The molecule has 0 saturated carbocycles. The van der Waals surface area contributed by atoms with Crippen molar-refractivity contribution >= 4 is 27.8 Å². The molecule has 0 radical (unpaired) electrons. The van der Waals surface area contributed by atoms with E-state index < -0.39 is 0 Å². The molecule has 50 heavy (non-hydrogen) atoms. The van der Waals surface area contributed by atoms with E-state index in [2.05, 4.69) is 207 Å². The molecule has 0 saturated heterocycles. The molecule has 0 spiro atoms. The molecule has 9 rings (SSSR count). The van der Waals surface area contributed by atoms with E-state index in [0.29, 0.717) is 0 Å². The number of hydrogen-bond donors (Lipinski definition) is 0. The number of benzene rings is 8. The Morgan fingerprint density at radius 3 is 1.70 bits per heavy atom. The molecule has 0 N–H and O–H groups in total.